The van der Waals surface area contributed by atoms with Crippen LogP contribution in [0.1, 0.15) is 27.7 Å². The van der Waals surface area contributed by atoms with E-state index in [1.807, 2.05) is 13.8 Å². The minimum atomic E-state index is -1.02. The number of rotatable bonds is 3. The number of aryl methyl sites for hydroxylation is 2. The highest BCUT2D eigenvalue weighted by atomic mass is 16.4. The summed E-state index contributed by atoms with van der Waals surface area (Å²) in [5, 5.41) is 17.0. The van der Waals surface area contributed by atoms with Crippen molar-refractivity contribution in [3.63, 3.8) is 0 Å². The molecule has 1 aromatic carbocycles. The second-order valence-electron chi connectivity index (χ2n) is 4.47. The lowest BCUT2D eigenvalue weighted by Crippen LogP contribution is -2.02. The van der Waals surface area contributed by atoms with E-state index in [0.29, 0.717) is 23.5 Å². The Kier molecular flexibility index (Phi) is 2.74. The molecule has 20 heavy (non-hydrogen) atoms. The highest BCUT2D eigenvalue weighted by molar-refractivity contribution is 6.00. The van der Waals surface area contributed by atoms with E-state index in [9.17, 15) is 4.79 Å². The summed E-state index contributed by atoms with van der Waals surface area (Å²) in [6.07, 6.45) is 0. The summed E-state index contributed by atoms with van der Waals surface area (Å²) in [6, 6.07) is 4.94. The molecule has 0 fully saturated rings. The Labute approximate surface area is 113 Å². The van der Waals surface area contributed by atoms with Crippen LogP contribution in [0.4, 0.5) is 0 Å². The molecule has 2 heterocycles. The highest BCUT2D eigenvalue weighted by Gasteiger charge is 2.15. The lowest BCUT2D eigenvalue weighted by Gasteiger charge is -1.99. The highest BCUT2D eigenvalue weighted by Crippen LogP contribution is 2.17. The molecule has 0 spiro atoms. The quantitative estimate of drug-likeness (QED) is 0.781. The average Bonchev–Trinajstić information content (AvgIpc) is 2.94. The molecule has 7 heteroatoms. The Morgan fingerprint density at radius 3 is 2.85 bits per heavy atom. The average molecular weight is 272 g/mol. The Bertz CT molecular complexity index is 784. The second kappa shape index (κ2) is 4.44. The van der Waals surface area contributed by atoms with Crippen molar-refractivity contribution < 1.29 is 14.3 Å². The van der Waals surface area contributed by atoms with Gasteiger partial charge >= 0.3 is 5.97 Å². The van der Waals surface area contributed by atoms with Crippen LogP contribution in [0, 0.1) is 13.8 Å². The van der Waals surface area contributed by atoms with E-state index in [2.05, 4.69) is 15.3 Å². The number of carboxylic acid groups (broad SMARTS) is 1. The molecule has 0 saturated heterocycles. The summed E-state index contributed by atoms with van der Waals surface area (Å²) < 4.78 is 7.07. The third kappa shape index (κ3) is 1.93. The molecule has 0 radical (unpaired) electrons. The first kappa shape index (κ1) is 12.3. The monoisotopic (exact) mass is 272 g/mol. The fourth-order valence-corrected chi connectivity index (χ4v) is 2.02. The molecule has 0 aliphatic carbocycles. The zero-order valence-corrected chi connectivity index (χ0v) is 11.0. The van der Waals surface area contributed by atoms with E-state index >= 15 is 0 Å². The first-order chi connectivity index (χ1) is 9.56. The van der Waals surface area contributed by atoms with Gasteiger partial charge in [0.15, 0.2) is 0 Å². The lowest BCUT2D eigenvalue weighted by molar-refractivity contribution is 0.0699. The Morgan fingerprint density at radius 1 is 1.40 bits per heavy atom. The van der Waals surface area contributed by atoms with Gasteiger partial charge in [-0.05, 0) is 26.0 Å². The second-order valence-corrected chi connectivity index (χ2v) is 4.47. The SMILES string of the molecule is Cc1nc(Cn2nnc3c(C(=O)O)cccc32)oc1C. The smallest absolute Gasteiger partial charge is 0.338 e. The van der Waals surface area contributed by atoms with Gasteiger partial charge in [0, 0.05) is 0 Å². The largest absolute Gasteiger partial charge is 0.478 e. The van der Waals surface area contributed by atoms with Gasteiger partial charge in [-0.2, -0.15) is 0 Å². The number of nitrogens with zero attached hydrogens (tertiary/aromatic N) is 4. The van der Waals surface area contributed by atoms with Crippen molar-refractivity contribution in [2.24, 2.45) is 0 Å². The first-order valence-electron chi connectivity index (χ1n) is 6.04. The zero-order chi connectivity index (χ0) is 14.3. The Balaban J connectivity index is 2.05. The van der Waals surface area contributed by atoms with E-state index < -0.39 is 5.97 Å². The van der Waals surface area contributed by atoms with E-state index in [1.165, 1.54) is 6.07 Å². The number of hydrogen-bond acceptors (Lipinski definition) is 5. The van der Waals surface area contributed by atoms with Crippen LogP contribution in [0.2, 0.25) is 0 Å². The van der Waals surface area contributed by atoms with Gasteiger partial charge in [0.1, 0.15) is 17.8 Å². The standard InChI is InChI=1S/C13H12N4O3/c1-7-8(2)20-11(14-7)6-17-10-5-3-4-9(13(18)19)12(10)15-16-17/h3-5H,6H2,1-2H3,(H,18,19). The van der Waals surface area contributed by atoms with E-state index in [1.54, 1.807) is 16.8 Å². The van der Waals surface area contributed by atoms with Gasteiger partial charge in [0.05, 0.1) is 16.8 Å². The molecular weight excluding hydrogens is 260 g/mol. The van der Waals surface area contributed by atoms with Gasteiger partial charge < -0.3 is 9.52 Å². The molecule has 102 valence electrons. The van der Waals surface area contributed by atoms with Crippen LogP contribution in [0.15, 0.2) is 22.6 Å². The van der Waals surface area contributed by atoms with Crippen LogP contribution >= 0.6 is 0 Å². The maximum Gasteiger partial charge on any atom is 0.338 e. The number of carbonyl (C=O) groups is 1. The maximum absolute atomic E-state index is 11.1. The first-order valence-corrected chi connectivity index (χ1v) is 6.04. The van der Waals surface area contributed by atoms with Crippen molar-refractivity contribution in [3.05, 3.63) is 41.1 Å². The number of aromatic nitrogens is 4. The normalized spacial score (nSPS) is 11.1. The zero-order valence-electron chi connectivity index (χ0n) is 11.0. The van der Waals surface area contributed by atoms with Crippen LogP contribution in [0.25, 0.3) is 11.0 Å². The predicted octanol–water partition coefficient (Wildman–Crippen LogP) is 1.78. The third-order valence-electron chi connectivity index (χ3n) is 3.13. The summed E-state index contributed by atoms with van der Waals surface area (Å²) in [7, 11) is 0. The van der Waals surface area contributed by atoms with Crippen molar-refractivity contribution in [1.82, 2.24) is 20.0 Å². The number of benzene rings is 1. The van der Waals surface area contributed by atoms with Gasteiger partial charge in [-0.15, -0.1) is 5.10 Å². The molecule has 7 nitrogen and oxygen atoms in total. The van der Waals surface area contributed by atoms with Crippen LogP contribution in [-0.4, -0.2) is 31.1 Å². The molecular formula is C13H12N4O3. The van der Waals surface area contributed by atoms with Gasteiger partial charge in [-0.1, -0.05) is 11.3 Å². The topological polar surface area (TPSA) is 94.0 Å². The van der Waals surface area contributed by atoms with Crippen LogP contribution < -0.4 is 0 Å². The molecule has 0 aliphatic rings. The summed E-state index contributed by atoms with van der Waals surface area (Å²) in [4.78, 5) is 15.4. The summed E-state index contributed by atoms with van der Waals surface area (Å²) >= 11 is 0. The summed E-state index contributed by atoms with van der Waals surface area (Å²) in [5.41, 5.74) is 1.96. The molecule has 0 aliphatic heterocycles. The molecule has 3 rings (SSSR count). The van der Waals surface area contributed by atoms with Crippen LogP contribution in [-0.2, 0) is 6.54 Å². The predicted molar refractivity (Wildman–Crippen MR) is 69.6 cm³/mol. The van der Waals surface area contributed by atoms with Gasteiger partial charge in [-0.25, -0.2) is 14.5 Å². The molecule has 2 aromatic heterocycles. The Morgan fingerprint density at radius 2 is 2.20 bits per heavy atom. The van der Waals surface area contributed by atoms with Crippen molar-refractivity contribution in [3.8, 4) is 0 Å². The van der Waals surface area contributed by atoms with E-state index in [4.69, 9.17) is 9.52 Å². The van der Waals surface area contributed by atoms with Crippen LogP contribution in [0.5, 0.6) is 0 Å². The Hall–Kier alpha value is -2.70. The number of oxazole rings is 1. The van der Waals surface area contributed by atoms with Crippen molar-refractivity contribution in [2.45, 2.75) is 20.4 Å². The van der Waals surface area contributed by atoms with Gasteiger partial charge in [0.25, 0.3) is 0 Å². The minimum Gasteiger partial charge on any atom is -0.478 e. The molecule has 0 atom stereocenters. The fourth-order valence-electron chi connectivity index (χ4n) is 2.02. The molecule has 1 N–H and O–H groups in total. The van der Waals surface area contributed by atoms with Gasteiger partial charge in [-0.3, -0.25) is 0 Å². The lowest BCUT2D eigenvalue weighted by atomic mass is 10.2. The van der Waals surface area contributed by atoms with E-state index in [-0.39, 0.29) is 5.56 Å². The molecule has 0 bridgehead atoms. The molecule has 0 amide bonds. The van der Waals surface area contributed by atoms with Crippen molar-refractivity contribution in [1.29, 1.82) is 0 Å². The maximum atomic E-state index is 11.1. The number of fused-ring (bicyclic) bond motifs is 1. The molecule has 3 aromatic rings. The van der Waals surface area contributed by atoms with Gasteiger partial charge in [0.2, 0.25) is 5.89 Å². The van der Waals surface area contributed by atoms with Crippen LogP contribution in [0.3, 0.4) is 0 Å². The number of aromatic carboxylic acids is 1. The number of carboxylic acids is 1. The third-order valence-corrected chi connectivity index (χ3v) is 3.13. The molecule has 0 unspecified atom stereocenters. The van der Waals surface area contributed by atoms with Crippen molar-refractivity contribution in [2.75, 3.05) is 0 Å². The summed E-state index contributed by atoms with van der Waals surface area (Å²) in [6.45, 7) is 4.02. The molecule has 0 saturated carbocycles. The van der Waals surface area contributed by atoms with Crippen molar-refractivity contribution >= 4 is 17.0 Å². The fraction of sp³-hybridized carbons (Fsp3) is 0.231. The minimum absolute atomic E-state index is 0.133. The summed E-state index contributed by atoms with van der Waals surface area (Å²) in [5.74, 6) is 0.258. The van der Waals surface area contributed by atoms with E-state index in [0.717, 1.165) is 11.5 Å². The number of hydrogen-bond donors (Lipinski definition) is 1.